The summed E-state index contributed by atoms with van der Waals surface area (Å²) in [7, 11) is 0. The van der Waals surface area contributed by atoms with Gasteiger partial charge in [-0.15, -0.1) is 0 Å². The molecule has 0 saturated heterocycles. The number of anilines is 1. The van der Waals surface area contributed by atoms with Crippen LogP contribution >= 0.6 is 11.6 Å². The van der Waals surface area contributed by atoms with Crippen LogP contribution in [0.5, 0.6) is 11.5 Å². The van der Waals surface area contributed by atoms with Gasteiger partial charge in [0.25, 0.3) is 0 Å². The molecule has 22 heavy (non-hydrogen) atoms. The maximum atomic E-state index is 10.2. The van der Waals surface area contributed by atoms with E-state index >= 15 is 0 Å². The maximum absolute atomic E-state index is 10.2. The minimum absolute atomic E-state index is 0.00302. The van der Waals surface area contributed by atoms with Crippen molar-refractivity contribution in [1.29, 1.82) is 0 Å². The molecule has 0 spiro atoms. The quantitative estimate of drug-likeness (QED) is 0.619. The molecule has 0 fully saturated rings. The number of nitrogen functional groups attached to an aromatic ring is 1. The largest absolute Gasteiger partial charge is 0.505 e. The van der Waals surface area contributed by atoms with Gasteiger partial charge in [-0.1, -0.05) is 23.7 Å². The average Bonchev–Trinajstić information content (AvgIpc) is 2.50. The van der Waals surface area contributed by atoms with Crippen molar-refractivity contribution in [1.82, 2.24) is 0 Å². The molecule has 0 radical (unpaired) electrons. The van der Waals surface area contributed by atoms with Crippen LogP contribution in [0.2, 0.25) is 5.02 Å². The maximum Gasteiger partial charge on any atom is 0.144 e. The molecule has 0 aliphatic heterocycles. The van der Waals surface area contributed by atoms with Gasteiger partial charge in [-0.2, -0.15) is 0 Å². The SMILES string of the molecule is CCOc1ccc(C(OCC)c2cc(Cl)cc(N)c2O)cc1. The molecule has 0 aromatic heterocycles. The summed E-state index contributed by atoms with van der Waals surface area (Å²) >= 11 is 6.05. The standard InChI is InChI=1S/C17H20ClNO3/c1-3-21-13-7-5-11(6-8-13)17(22-4-2)14-9-12(18)10-15(19)16(14)20/h5-10,17,20H,3-4,19H2,1-2H3. The van der Waals surface area contributed by atoms with Crippen molar-refractivity contribution in [3.05, 3.63) is 52.5 Å². The van der Waals surface area contributed by atoms with Crippen LogP contribution in [0.1, 0.15) is 31.1 Å². The summed E-state index contributed by atoms with van der Waals surface area (Å²) in [5, 5.41) is 10.7. The second-order valence-corrected chi connectivity index (χ2v) is 5.21. The fourth-order valence-corrected chi connectivity index (χ4v) is 2.51. The molecule has 1 atom stereocenters. The van der Waals surface area contributed by atoms with Gasteiger partial charge < -0.3 is 20.3 Å². The molecule has 4 nitrogen and oxygen atoms in total. The summed E-state index contributed by atoms with van der Waals surface area (Å²) in [6.07, 6.45) is -0.443. The van der Waals surface area contributed by atoms with Crippen LogP contribution in [0, 0.1) is 0 Å². The first-order valence-electron chi connectivity index (χ1n) is 7.19. The van der Waals surface area contributed by atoms with Gasteiger partial charge in [0, 0.05) is 17.2 Å². The van der Waals surface area contributed by atoms with Crippen LogP contribution in [-0.2, 0) is 4.74 Å². The Balaban J connectivity index is 2.42. The zero-order valence-corrected chi connectivity index (χ0v) is 13.4. The first-order chi connectivity index (χ1) is 10.6. The third-order valence-electron chi connectivity index (χ3n) is 3.24. The molecule has 5 heteroatoms. The third kappa shape index (κ3) is 3.64. The highest BCUT2D eigenvalue weighted by Gasteiger charge is 2.20. The van der Waals surface area contributed by atoms with Crippen molar-refractivity contribution >= 4 is 17.3 Å². The average molecular weight is 322 g/mol. The van der Waals surface area contributed by atoms with E-state index in [2.05, 4.69) is 0 Å². The molecular formula is C17H20ClNO3. The van der Waals surface area contributed by atoms with Crippen molar-refractivity contribution in [3.63, 3.8) is 0 Å². The molecular weight excluding hydrogens is 302 g/mol. The van der Waals surface area contributed by atoms with Gasteiger partial charge in [-0.3, -0.25) is 0 Å². The number of rotatable bonds is 6. The smallest absolute Gasteiger partial charge is 0.144 e. The van der Waals surface area contributed by atoms with Crippen molar-refractivity contribution < 1.29 is 14.6 Å². The Morgan fingerprint density at radius 1 is 1.14 bits per heavy atom. The van der Waals surface area contributed by atoms with Crippen LogP contribution in [0.25, 0.3) is 0 Å². The van der Waals surface area contributed by atoms with Gasteiger partial charge in [0.1, 0.15) is 17.6 Å². The molecule has 2 aromatic rings. The number of nitrogens with two attached hydrogens (primary N) is 1. The first kappa shape index (κ1) is 16.5. The summed E-state index contributed by atoms with van der Waals surface area (Å²) in [6, 6.07) is 10.7. The molecule has 0 aliphatic rings. The summed E-state index contributed by atoms with van der Waals surface area (Å²) < 4.78 is 11.2. The Morgan fingerprint density at radius 3 is 2.41 bits per heavy atom. The van der Waals surface area contributed by atoms with E-state index < -0.39 is 6.10 Å². The van der Waals surface area contributed by atoms with E-state index in [-0.39, 0.29) is 11.4 Å². The molecule has 0 amide bonds. The lowest BCUT2D eigenvalue weighted by Gasteiger charge is -2.20. The van der Waals surface area contributed by atoms with E-state index in [0.29, 0.717) is 23.8 Å². The zero-order chi connectivity index (χ0) is 16.1. The second-order valence-electron chi connectivity index (χ2n) is 4.77. The van der Waals surface area contributed by atoms with Gasteiger partial charge in [0.05, 0.1) is 12.3 Å². The minimum Gasteiger partial charge on any atom is -0.505 e. The Labute approximate surface area is 135 Å². The summed E-state index contributed by atoms with van der Waals surface area (Å²) in [5.74, 6) is 0.785. The van der Waals surface area contributed by atoms with Gasteiger partial charge in [0.15, 0.2) is 0 Å². The molecule has 118 valence electrons. The van der Waals surface area contributed by atoms with E-state index in [4.69, 9.17) is 26.8 Å². The van der Waals surface area contributed by atoms with Gasteiger partial charge in [0.2, 0.25) is 0 Å². The lowest BCUT2D eigenvalue weighted by atomic mass is 9.99. The normalized spacial score (nSPS) is 12.1. The Bertz CT molecular complexity index is 629. The molecule has 2 aromatic carbocycles. The molecule has 3 N–H and O–H groups in total. The lowest BCUT2D eigenvalue weighted by molar-refractivity contribution is 0.0895. The Hall–Kier alpha value is -1.91. The summed E-state index contributed by atoms with van der Waals surface area (Å²) in [4.78, 5) is 0. The van der Waals surface area contributed by atoms with E-state index in [1.807, 2.05) is 38.1 Å². The molecule has 0 bridgehead atoms. The van der Waals surface area contributed by atoms with E-state index in [1.54, 1.807) is 6.07 Å². The van der Waals surface area contributed by atoms with Gasteiger partial charge >= 0.3 is 0 Å². The highest BCUT2D eigenvalue weighted by atomic mass is 35.5. The van der Waals surface area contributed by atoms with Crippen molar-refractivity contribution in [2.75, 3.05) is 18.9 Å². The number of benzene rings is 2. The topological polar surface area (TPSA) is 64.7 Å². The number of hydrogen-bond donors (Lipinski definition) is 2. The van der Waals surface area contributed by atoms with Crippen LogP contribution in [0.4, 0.5) is 5.69 Å². The van der Waals surface area contributed by atoms with Crippen LogP contribution < -0.4 is 10.5 Å². The van der Waals surface area contributed by atoms with Gasteiger partial charge in [-0.25, -0.2) is 0 Å². The molecule has 0 heterocycles. The summed E-state index contributed by atoms with van der Waals surface area (Å²) in [6.45, 7) is 4.93. The molecule has 2 rings (SSSR count). The minimum atomic E-state index is -0.443. The van der Waals surface area contributed by atoms with Crippen LogP contribution in [0.3, 0.4) is 0 Å². The van der Waals surface area contributed by atoms with Crippen LogP contribution in [-0.4, -0.2) is 18.3 Å². The van der Waals surface area contributed by atoms with E-state index in [9.17, 15) is 5.11 Å². The fourth-order valence-electron chi connectivity index (χ4n) is 2.28. The second kappa shape index (κ2) is 7.38. The number of ether oxygens (including phenoxy) is 2. The number of phenols is 1. The highest BCUT2D eigenvalue weighted by Crippen LogP contribution is 2.38. The van der Waals surface area contributed by atoms with Crippen molar-refractivity contribution in [3.8, 4) is 11.5 Å². The number of phenolic OH excluding ortho intramolecular Hbond substituents is 1. The number of aromatic hydroxyl groups is 1. The first-order valence-corrected chi connectivity index (χ1v) is 7.56. The van der Waals surface area contributed by atoms with Crippen molar-refractivity contribution in [2.45, 2.75) is 20.0 Å². The molecule has 1 unspecified atom stereocenters. The molecule has 0 saturated carbocycles. The zero-order valence-electron chi connectivity index (χ0n) is 12.7. The van der Waals surface area contributed by atoms with E-state index in [1.165, 1.54) is 6.07 Å². The third-order valence-corrected chi connectivity index (χ3v) is 3.46. The predicted octanol–water partition coefficient (Wildman–Crippen LogP) is 4.15. The van der Waals surface area contributed by atoms with Crippen molar-refractivity contribution in [2.24, 2.45) is 0 Å². The van der Waals surface area contributed by atoms with E-state index in [0.717, 1.165) is 11.3 Å². The Morgan fingerprint density at radius 2 is 1.82 bits per heavy atom. The summed E-state index contributed by atoms with van der Waals surface area (Å²) in [5.41, 5.74) is 7.46. The lowest BCUT2D eigenvalue weighted by Crippen LogP contribution is -2.07. The number of hydrogen-bond acceptors (Lipinski definition) is 4. The van der Waals surface area contributed by atoms with Gasteiger partial charge in [-0.05, 0) is 43.7 Å². The monoisotopic (exact) mass is 321 g/mol. The van der Waals surface area contributed by atoms with Crippen LogP contribution in [0.15, 0.2) is 36.4 Å². The predicted molar refractivity (Wildman–Crippen MR) is 88.6 cm³/mol. The Kier molecular flexibility index (Phi) is 5.52. The number of halogens is 1. The molecule has 0 aliphatic carbocycles. The fraction of sp³-hybridized carbons (Fsp3) is 0.294. The highest BCUT2D eigenvalue weighted by molar-refractivity contribution is 6.31.